The van der Waals surface area contributed by atoms with Crippen molar-refractivity contribution in [2.75, 3.05) is 19.8 Å². The van der Waals surface area contributed by atoms with Gasteiger partial charge in [-0.25, -0.2) is 0 Å². The molecule has 0 aliphatic carbocycles. The number of carbonyl (C=O) groups excluding carboxylic acids is 1. The van der Waals surface area contributed by atoms with E-state index < -0.39 is 0 Å². The summed E-state index contributed by atoms with van der Waals surface area (Å²) in [6.07, 6.45) is 1.61. The lowest BCUT2D eigenvalue weighted by Gasteiger charge is -2.20. The highest BCUT2D eigenvalue weighted by Gasteiger charge is 2.34. The van der Waals surface area contributed by atoms with Gasteiger partial charge >= 0.3 is 0 Å². The van der Waals surface area contributed by atoms with Crippen molar-refractivity contribution in [1.29, 1.82) is 0 Å². The Kier molecular flexibility index (Phi) is 4.38. The quantitative estimate of drug-likeness (QED) is 0.823. The summed E-state index contributed by atoms with van der Waals surface area (Å²) in [5.74, 6) is 0.659. The van der Waals surface area contributed by atoms with Crippen molar-refractivity contribution >= 4 is 5.91 Å². The lowest BCUT2D eigenvalue weighted by Crippen LogP contribution is -2.44. The molecular weight excluding hydrogens is 232 g/mol. The van der Waals surface area contributed by atoms with Crippen LogP contribution in [0.4, 0.5) is 0 Å². The number of furan rings is 1. The fourth-order valence-electron chi connectivity index (χ4n) is 2.21. The number of rotatable bonds is 5. The summed E-state index contributed by atoms with van der Waals surface area (Å²) in [5, 5.41) is 6.23. The molecule has 1 fully saturated rings. The summed E-state index contributed by atoms with van der Waals surface area (Å²) in [7, 11) is 0. The first-order valence-corrected chi connectivity index (χ1v) is 6.37. The number of likely N-dealkylation sites (N-methyl/N-ethyl adjacent to an activating group) is 1. The highest BCUT2D eigenvalue weighted by Crippen LogP contribution is 2.17. The Hall–Kier alpha value is -1.33. The van der Waals surface area contributed by atoms with E-state index in [9.17, 15) is 4.79 Å². The van der Waals surface area contributed by atoms with Crippen LogP contribution in [0.25, 0.3) is 0 Å². The minimum Gasteiger partial charge on any atom is -0.467 e. The Morgan fingerprint density at radius 1 is 1.56 bits per heavy atom. The van der Waals surface area contributed by atoms with Gasteiger partial charge in [0.2, 0.25) is 5.91 Å². The van der Waals surface area contributed by atoms with Crippen molar-refractivity contribution < 1.29 is 13.9 Å². The van der Waals surface area contributed by atoms with Gasteiger partial charge in [-0.15, -0.1) is 0 Å². The third kappa shape index (κ3) is 2.91. The molecule has 1 aliphatic heterocycles. The van der Waals surface area contributed by atoms with Crippen LogP contribution in [0.5, 0.6) is 0 Å². The van der Waals surface area contributed by atoms with Gasteiger partial charge < -0.3 is 19.8 Å². The Labute approximate surface area is 107 Å². The largest absolute Gasteiger partial charge is 0.467 e. The van der Waals surface area contributed by atoms with Crippen LogP contribution in [-0.2, 0) is 9.53 Å². The van der Waals surface area contributed by atoms with Crippen LogP contribution in [-0.4, -0.2) is 31.7 Å². The molecule has 0 aromatic carbocycles. The number of nitrogens with one attached hydrogen (secondary N) is 2. The zero-order valence-corrected chi connectivity index (χ0v) is 10.8. The van der Waals surface area contributed by atoms with Crippen LogP contribution >= 0.6 is 0 Å². The van der Waals surface area contributed by atoms with Crippen LogP contribution in [0.15, 0.2) is 22.8 Å². The van der Waals surface area contributed by atoms with Crippen LogP contribution in [0, 0.1) is 5.92 Å². The lowest BCUT2D eigenvalue weighted by atomic mass is 10.0. The predicted molar refractivity (Wildman–Crippen MR) is 67.0 cm³/mol. The van der Waals surface area contributed by atoms with Crippen molar-refractivity contribution in [2.45, 2.75) is 25.9 Å². The summed E-state index contributed by atoms with van der Waals surface area (Å²) in [4.78, 5) is 12.2. The molecule has 3 atom stereocenters. The van der Waals surface area contributed by atoms with Crippen molar-refractivity contribution in [1.82, 2.24) is 10.6 Å². The molecular formula is C13H20N2O3. The predicted octanol–water partition coefficient (Wildman–Crippen LogP) is 1.08. The molecule has 100 valence electrons. The second-order valence-electron chi connectivity index (χ2n) is 4.55. The average Bonchev–Trinajstić information content (AvgIpc) is 3.00. The molecule has 2 N–H and O–H groups in total. The molecule has 2 heterocycles. The molecule has 1 amide bonds. The summed E-state index contributed by atoms with van der Waals surface area (Å²) < 4.78 is 10.6. The van der Waals surface area contributed by atoms with Crippen LogP contribution in [0.2, 0.25) is 0 Å². The second-order valence-corrected chi connectivity index (χ2v) is 4.55. The van der Waals surface area contributed by atoms with Crippen molar-refractivity contribution in [3.05, 3.63) is 24.2 Å². The third-order valence-corrected chi connectivity index (χ3v) is 3.21. The van der Waals surface area contributed by atoms with E-state index in [-0.39, 0.29) is 23.9 Å². The molecule has 5 heteroatoms. The van der Waals surface area contributed by atoms with E-state index in [1.807, 2.05) is 26.0 Å². The van der Waals surface area contributed by atoms with Crippen LogP contribution < -0.4 is 10.6 Å². The highest BCUT2D eigenvalue weighted by atomic mass is 16.5. The number of ether oxygens (including phenoxy) is 1. The zero-order chi connectivity index (χ0) is 13.0. The molecule has 1 aromatic heterocycles. The second kappa shape index (κ2) is 6.02. The van der Waals surface area contributed by atoms with E-state index in [1.165, 1.54) is 0 Å². The van der Waals surface area contributed by atoms with Gasteiger partial charge in [-0.05, 0) is 25.6 Å². The minimum atomic E-state index is -0.123. The maximum absolute atomic E-state index is 12.2. The van der Waals surface area contributed by atoms with Crippen molar-refractivity contribution in [2.24, 2.45) is 5.92 Å². The van der Waals surface area contributed by atoms with E-state index in [1.54, 1.807) is 6.26 Å². The molecule has 1 saturated heterocycles. The number of hydrogen-bond donors (Lipinski definition) is 2. The first-order valence-electron chi connectivity index (χ1n) is 6.37. The molecule has 1 aliphatic rings. The molecule has 0 saturated carbocycles. The van der Waals surface area contributed by atoms with E-state index >= 15 is 0 Å². The summed E-state index contributed by atoms with van der Waals surface area (Å²) in [6, 6.07) is 3.67. The van der Waals surface area contributed by atoms with Gasteiger partial charge in [0.15, 0.2) is 0 Å². The van der Waals surface area contributed by atoms with E-state index in [2.05, 4.69) is 10.6 Å². The summed E-state index contributed by atoms with van der Waals surface area (Å²) in [5.41, 5.74) is 0. The Bertz CT molecular complexity index is 378. The normalized spacial score (nSPS) is 25.0. The molecule has 0 bridgehead atoms. The van der Waals surface area contributed by atoms with E-state index in [4.69, 9.17) is 9.15 Å². The first kappa shape index (κ1) is 13.1. The Morgan fingerprint density at radius 3 is 3.06 bits per heavy atom. The van der Waals surface area contributed by atoms with Gasteiger partial charge in [-0.2, -0.15) is 0 Å². The summed E-state index contributed by atoms with van der Waals surface area (Å²) in [6.45, 7) is 5.86. The topological polar surface area (TPSA) is 63.5 Å². The summed E-state index contributed by atoms with van der Waals surface area (Å²) >= 11 is 0. The van der Waals surface area contributed by atoms with Crippen LogP contribution in [0.1, 0.15) is 25.6 Å². The standard InChI is InChI=1S/C13H20N2O3/c1-3-14-11-8-17-7-10(11)13(16)15-9(2)12-5-4-6-18-12/h4-6,9-11,14H,3,7-8H2,1-2H3,(H,15,16)/t9-,10?,11?/m1/s1. The Morgan fingerprint density at radius 2 is 2.39 bits per heavy atom. The fourth-order valence-corrected chi connectivity index (χ4v) is 2.21. The zero-order valence-electron chi connectivity index (χ0n) is 10.8. The van der Waals surface area contributed by atoms with E-state index in [0.29, 0.717) is 13.2 Å². The Balaban J connectivity index is 1.91. The van der Waals surface area contributed by atoms with Crippen LogP contribution in [0.3, 0.4) is 0 Å². The van der Waals surface area contributed by atoms with Gasteiger partial charge in [-0.1, -0.05) is 6.92 Å². The molecule has 2 unspecified atom stereocenters. The first-order chi connectivity index (χ1) is 8.72. The van der Waals surface area contributed by atoms with Crippen molar-refractivity contribution in [3.8, 4) is 0 Å². The molecule has 18 heavy (non-hydrogen) atoms. The molecule has 0 spiro atoms. The van der Waals surface area contributed by atoms with Gasteiger partial charge in [0.25, 0.3) is 0 Å². The number of hydrogen-bond acceptors (Lipinski definition) is 4. The SMILES string of the molecule is CCNC1COCC1C(=O)N[C@H](C)c1ccco1. The maximum atomic E-state index is 12.2. The average molecular weight is 252 g/mol. The van der Waals surface area contributed by atoms with Crippen molar-refractivity contribution in [3.63, 3.8) is 0 Å². The highest BCUT2D eigenvalue weighted by molar-refractivity contribution is 5.80. The molecule has 5 nitrogen and oxygen atoms in total. The molecule has 0 radical (unpaired) electrons. The minimum absolute atomic E-state index is 0.0161. The van der Waals surface area contributed by atoms with Gasteiger partial charge in [0.05, 0.1) is 31.4 Å². The number of amides is 1. The molecule has 2 rings (SSSR count). The number of carbonyl (C=O) groups is 1. The van der Waals surface area contributed by atoms with Gasteiger partial charge in [0, 0.05) is 6.04 Å². The fraction of sp³-hybridized carbons (Fsp3) is 0.615. The van der Waals surface area contributed by atoms with Gasteiger partial charge in [0.1, 0.15) is 5.76 Å². The van der Waals surface area contributed by atoms with Gasteiger partial charge in [-0.3, -0.25) is 4.79 Å². The lowest BCUT2D eigenvalue weighted by molar-refractivity contribution is -0.126. The van der Waals surface area contributed by atoms with E-state index in [0.717, 1.165) is 12.3 Å². The molecule has 1 aromatic rings. The monoisotopic (exact) mass is 252 g/mol. The third-order valence-electron chi connectivity index (χ3n) is 3.21. The maximum Gasteiger partial charge on any atom is 0.227 e. The smallest absolute Gasteiger partial charge is 0.227 e.